The lowest BCUT2D eigenvalue weighted by Gasteiger charge is -2.45. The molecule has 0 amide bonds. The molecule has 0 N–H and O–H groups in total. The third kappa shape index (κ3) is 7.18. The van der Waals surface area contributed by atoms with E-state index >= 15 is 0 Å². The third-order valence-electron chi connectivity index (χ3n) is 15.1. The van der Waals surface area contributed by atoms with Crippen molar-refractivity contribution in [2.75, 3.05) is 9.80 Å². The van der Waals surface area contributed by atoms with E-state index in [1.54, 1.807) is 0 Å². The predicted octanol–water partition coefficient (Wildman–Crippen LogP) is 16.4. The molecule has 0 atom stereocenters. The molecule has 12 aromatic carbocycles. The van der Waals surface area contributed by atoms with Crippen LogP contribution in [0, 0.1) is 0 Å². The Morgan fingerprint density at radius 1 is 0.311 bits per heavy atom. The topological polar surface area (TPSA) is 19.6 Å². The van der Waals surface area contributed by atoms with E-state index in [0.29, 0.717) is 0 Å². The number of fused-ring (bicyclic) bond motifs is 6. The molecule has 348 valence electrons. The van der Waals surface area contributed by atoms with Gasteiger partial charge in [-0.2, -0.15) is 0 Å². The highest BCUT2D eigenvalue weighted by Gasteiger charge is 2.48. The zero-order valence-electron chi connectivity index (χ0n) is 40.5. The summed E-state index contributed by atoms with van der Waals surface area (Å²) < 4.78 is 6.94. The maximum Gasteiger partial charge on any atom is 0.184 e. The molecule has 13 aromatic rings. The smallest absolute Gasteiger partial charge is 0.184 e. The average molecular weight is 961 g/mol. The molecule has 1 aliphatic rings. The number of benzene rings is 12. The van der Waals surface area contributed by atoms with Crippen LogP contribution in [0.5, 0.6) is 0 Å². The number of hydrogen-bond acceptors (Lipinski definition) is 3. The first-order valence-electron chi connectivity index (χ1n) is 25.4. The summed E-state index contributed by atoms with van der Waals surface area (Å²) in [5.74, 6) is 0. The lowest BCUT2D eigenvalue weighted by Crippen LogP contribution is -2.77. The van der Waals surface area contributed by atoms with Gasteiger partial charge in [-0.15, -0.1) is 0 Å². The largest absolute Gasteiger partial charge is 0.456 e. The van der Waals surface area contributed by atoms with Gasteiger partial charge in [-0.25, -0.2) is 0 Å². The third-order valence-corrected chi connectivity index (χ3v) is 20.0. The van der Waals surface area contributed by atoms with Gasteiger partial charge in [0, 0.05) is 51.0 Å². The highest BCUT2D eigenvalue weighted by atomic mass is 28.3. The van der Waals surface area contributed by atoms with Gasteiger partial charge in [0.1, 0.15) is 11.2 Å². The summed E-state index contributed by atoms with van der Waals surface area (Å²) in [6.45, 7) is 0. The van der Waals surface area contributed by atoms with Gasteiger partial charge in [0.2, 0.25) is 0 Å². The Labute approximate surface area is 432 Å². The van der Waals surface area contributed by atoms with E-state index in [9.17, 15) is 0 Å². The van der Waals surface area contributed by atoms with Crippen molar-refractivity contribution in [2.45, 2.75) is 0 Å². The Balaban J connectivity index is 0.887. The van der Waals surface area contributed by atoms with Crippen LogP contribution in [0.3, 0.4) is 0 Å². The molecule has 0 saturated heterocycles. The second kappa shape index (κ2) is 18.0. The maximum atomic E-state index is 6.94. The highest BCUT2D eigenvalue weighted by Crippen LogP contribution is 2.43. The second-order valence-corrected chi connectivity index (χ2v) is 22.9. The zero-order valence-corrected chi connectivity index (χ0v) is 41.5. The zero-order chi connectivity index (χ0) is 49.0. The Kier molecular flexibility index (Phi) is 10.5. The Hall–Kier alpha value is -9.48. The van der Waals surface area contributed by atoms with E-state index in [2.05, 4.69) is 301 Å². The Morgan fingerprint density at radius 2 is 0.811 bits per heavy atom. The Bertz CT molecular complexity index is 4130. The summed E-state index contributed by atoms with van der Waals surface area (Å²) >= 11 is 0. The molecule has 3 nitrogen and oxygen atoms in total. The van der Waals surface area contributed by atoms with Crippen molar-refractivity contribution in [3.05, 3.63) is 291 Å². The number of furan rings is 1. The van der Waals surface area contributed by atoms with E-state index in [4.69, 9.17) is 4.42 Å². The molecular formula is C70H48N2OSi. The van der Waals surface area contributed by atoms with Crippen LogP contribution in [0.15, 0.2) is 296 Å². The molecule has 1 aromatic heterocycles. The molecule has 2 heterocycles. The first-order chi connectivity index (χ1) is 36.7. The first kappa shape index (κ1) is 43.3. The average Bonchev–Trinajstić information content (AvgIpc) is 3.87. The highest BCUT2D eigenvalue weighted by molar-refractivity contribution is 7.21. The van der Waals surface area contributed by atoms with Crippen molar-refractivity contribution in [3.8, 4) is 33.4 Å². The van der Waals surface area contributed by atoms with Crippen molar-refractivity contribution in [3.63, 3.8) is 0 Å². The SMILES string of the molecule is c1ccc(-c2ccc(N(c3ccc(-c4cccc5ccccc45)cc3)c3ccc4c(c3)oc3cc(-c5ccc6c(c5)N(c5ccccc5)c5ccccc5[Si]6(c5ccccc5)c5ccccc5)ccc34)cc2)cc1. The number of para-hydroxylation sites is 2. The predicted molar refractivity (Wildman–Crippen MR) is 314 cm³/mol. The van der Waals surface area contributed by atoms with Crippen LogP contribution in [-0.4, -0.2) is 8.07 Å². The fourth-order valence-corrected chi connectivity index (χ4v) is 16.8. The van der Waals surface area contributed by atoms with Gasteiger partial charge in [-0.05, 0) is 138 Å². The summed E-state index contributed by atoms with van der Waals surface area (Å²) in [7, 11) is -2.82. The van der Waals surface area contributed by atoms with Crippen molar-refractivity contribution < 1.29 is 4.42 Å². The molecule has 14 rings (SSSR count). The van der Waals surface area contributed by atoms with Crippen molar-refractivity contribution in [1.29, 1.82) is 0 Å². The summed E-state index contributed by atoms with van der Waals surface area (Å²) in [5.41, 5.74) is 15.4. The van der Waals surface area contributed by atoms with Gasteiger partial charge in [-0.1, -0.05) is 212 Å². The molecular weight excluding hydrogens is 913 g/mol. The second-order valence-electron chi connectivity index (χ2n) is 19.2. The fourth-order valence-electron chi connectivity index (χ4n) is 11.7. The number of hydrogen-bond donors (Lipinski definition) is 0. The van der Waals surface area contributed by atoms with Gasteiger partial charge in [0.15, 0.2) is 8.07 Å². The van der Waals surface area contributed by atoms with Crippen molar-refractivity contribution in [2.24, 2.45) is 0 Å². The monoisotopic (exact) mass is 960 g/mol. The molecule has 4 heteroatoms. The minimum atomic E-state index is -2.82. The normalized spacial score (nSPS) is 12.7. The molecule has 0 fully saturated rings. The summed E-state index contributed by atoms with van der Waals surface area (Å²) in [6.07, 6.45) is 0. The van der Waals surface area contributed by atoms with Gasteiger partial charge in [-0.3, -0.25) is 0 Å². The molecule has 0 unspecified atom stereocenters. The molecule has 1 aliphatic heterocycles. The van der Waals surface area contributed by atoms with Crippen LogP contribution in [0.4, 0.5) is 34.1 Å². The van der Waals surface area contributed by atoms with E-state index in [-0.39, 0.29) is 0 Å². The van der Waals surface area contributed by atoms with Crippen molar-refractivity contribution in [1.82, 2.24) is 0 Å². The van der Waals surface area contributed by atoms with Gasteiger partial charge >= 0.3 is 0 Å². The number of anilines is 6. The minimum absolute atomic E-state index is 0.840. The summed E-state index contributed by atoms with van der Waals surface area (Å²) in [5, 5.41) is 10.1. The lowest BCUT2D eigenvalue weighted by atomic mass is 9.98. The van der Waals surface area contributed by atoms with Crippen LogP contribution < -0.4 is 30.5 Å². The molecule has 0 aliphatic carbocycles. The molecule has 0 bridgehead atoms. The quantitative estimate of drug-likeness (QED) is 0.134. The summed E-state index contributed by atoms with van der Waals surface area (Å²) in [6, 6.07) is 106. The van der Waals surface area contributed by atoms with Gasteiger partial charge < -0.3 is 14.2 Å². The van der Waals surface area contributed by atoms with Crippen LogP contribution in [0.1, 0.15) is 0 Å². The number of rotatable bonds is 9. The Morgan fingerprint density at radius 3 is 1.53 bits per heavy atom. The maximum absolute atomic E-state index is 6.94. The van der Waals surface area contributed by atoms with Crippen LogP contribution >= 0.6 is 0 Å². The van der Waals surface area contributed by atoms with Gasteiger partial charge in [0.05, 0.1) is 0 Å². The standard InChI is InChI=1S/C70H48N2OSi/c1-5-18-49(19-6-1)50-32-38-56(39-33-50)71(57-40-34-52(35-41-57)62-29-17-21-51-20-13-14-28-61(51)62)58-42-44-64-63-43-36-54(47-67(63)73-68(64)48-58)53-37-45-70-66(46-53)72(55-22-7-2-8-23-55)65-30-15-16-31-69(65)74(70,59-24-9-3-10-25-59)60-26-11-4-12-27-60/h1-48H. The van der Waals surface area contributed by atoms with E-state index < -0.39 is 8.07 Å². The number of nitrogens with zero attached hydrogens (tertiary/aromatic N) is 2. The van der Waals surface area contributed by atoms with E-state index in [0.717, 1.165) is 55.8 Å². The van der Waals surface area contributed by atoms with E-state index in [1.165, 1.54) is 65.1 Å². The minimum Gasteiger partial charge on any atom is -0.456 e. The van der Waals surface area contributed by atoms with Crippen LogP contribution in [-0.2, 0) is 0 Å². The lowest BCUT2D eigenvalue weighted by molar-refractivity contribution is 0.669. The molecule has 74 heavy (non-hydrogen) atoms. The summed E-state index contributed by atoms with van der Waals surface area (Å²) in [4.78, 5) is 4.81. The first-order valence-corrected chi connectivity index (χ1v) is 27.4. The molecule has 0 radical (unpaired) electrons. The molecule has 0 saturated carbocycles. The van der Waals surface area contributed by atoms with E-state index in [1.807, 2.05) is 0 Å². The van der Waals surface area contributed by atoms with Crippen LogP contribution in [0.25, 0.3) is 66.1 Å². The molecule has 0 spiro atoms. The fraction of sp³-hybridized carbons (Fsp3) is 0. The van der Waals surface area contributed by atoms with Gasteiger partial charge in [0.25, 0.3) is 0 Å². The van der Waals surface area contributed by atoms with Crippen LogP contribution in [0.2, 0.25) is 0 Å². The van der Waals surface area contributed by atoms with Crippen molar-refractivity contribution >= 4 is 95.7 Å².